The lowest BCUT2D eigenvalue weighted by Crippen LogP contribution is -2.55. The van der Waals surface area contributed by atoms with Crippen LogP contribution in [0.25, 0.3) is 0 Å². The molecule has 3 rings (SSSR count). The van der Waals surface area contributed by atoms with Gasteiger partial charge in [-0.1, -0.05) is 17.7 Å². The Hall–Kier alpha value is -2.78. The van der Waals surface area contributed by atoms with Gasteiger partial charge in [0.25, 0.3) is 0 Å². The SMILES string of the molecule is COC(=O)C[C@@H]1C(=O)NCCN1Cc1csc(CC(=O)Nc2ccc(C)cc2)n1. The van der Waals surface area contributed by atoms with Crippen molar-refractivity contribution in [1.29, 1.82) is 0 Å². The van der Waals surface area contributed by atoms with Gasteiger partial charge in [-0.2, -0.15) is 0 Å². The van der Waals surface area contributed by atoms with Gasteiger partial charge in [0.1, 0.15) is 11.0 Å². The van der Waals surface area contributed by atoms with E-state index in [1.807, 2.05) is 41.5 Å². The van der Waals surface area contributed by atoms with E-state index < -0.39 is 12.0 Å². The second-order valence-corrected chi connectivity index (χ2v) is 7.82. The predicted molar refractivity (Wildman–Crippen MR) is 109 cm³/mol. The molecule has 0 aliphatic carbocycles. The Bertz CT molecular complexity index is 881. The number of thiazole rings is 1. The number of anilines is 1. The molecule has 0 spiro atoms. The van der Waals surface area contributed by atoms with Crippen molar-refractivity contribution in [3.8, 4) is 0 Å². The Kier molecular flexibility index (Phi) is 6.95. The Morgan fingerprint density at radius 3 is 2.83 bits per heavy atom. The number of hydrogen-bond donors (Lipinski definition) is 2. The molecule has 1 aliphatic rings. The second kappa shape index (κ2) is 9.62. The molecule has 154 valence electrons. The van der Waals surface area contributed by atoms with Crippen molar-refractivity contribution < 1.29 is 19.1 Å². The summed E-state index contributed by atoms with van der Waals surface area (Å²) in [6, 6.07) is 7.03. The molecule has 0 saturated carbocycles. The van der Waals surface area contributed by atoms with E-state index in [0.29, 0.717) is 24.6 Å². The van der Waals surface area contributed by atoms with Crippen LogP contribution in [0.1, 0.15) is 22.7 Å². The molecule has 1 saturated heterocycles. The van der Waals surface area contributed by atoms with Crippen LogP contribution in [0.15, 0.2) is 29.6 Å². The van der Waals surface area contributed by atoms with Crippen molar-refractivity contribution in [3.05, 3.63) is 45.9 Å². The number of hydrogen-bond acceptors (Lipinski definition) is 7. The minimum Gasteiger partial charge on any atom is -0.469 e. The van der Waals surface area contributed by atoms with E-state index >= 15 is 0 Å². The minimum absolute atomic E-state index is 0.00170. The number of ether oxygens (including phenoxy) is 1. The number of carbonyl (C=O) groups excluding carboxylic acids is 3. The van der Waals surface area contributed by atoms with Crippen LogP contribution in [0.5, 0.6) is 0 Å². The van der Waals surface area contributed by atoms with Crippen LogP contribution < -0.4 is 10.6 Å². The molecule has 1 atom stereocenters. The van der Waals surface area contributed by atoms with Crippen molar-refractivity contribution in [1.82, 2.24) is 15.2 Å². The summed E-state index contributed by atoms with van der Waals surface area (Å²) in [5, 5.41) is 8.23. The van der Waals surface area contributed by atoms with Crippen LogP contribution in [0.2, 0.25) is 0 Å². The van der Waals surface area contributed by atoms with Gasteiger partial charge in [0.05, 0.1) is 25.6 Å². The lowest BCUT2D eigenvalue weighted by Gasteiger charge is -2.33. The molecule has 2 heterocycles. The summed E-state index contributed by atoms with van der Waals surface area (Å²) in [4.78, 5) is 42.5. The molecule has 1 fully saturated rings. The molecule has 29 heavy (non-hydrogen) atoms. The number of nitrogens with one attached hydrogen (secondary N) is 2. The highest BCUT2D eigenvalue weighted by Crippen LogP contribution is 2.18. The number of nitrogens with zero attached hydrogens (tertiary/aromatic N) is 2. The summed E-state index contributed by atoms with van der Waals surface area (Å²) in [5.74, 6) is -0.742. The average Bonchev–Trinajstić information content (AvgIpc) is 3.12. The molecule has 2 aromatic rings. The van der Waals surface area contributed by atoms with Crippen LogP contribution in [0, 0.1) is 6.92 Å². The van der Waals surface area contributed by atoms with Crippen molar-refractivity contribution >= 4 is 34.8 Å². The zero-order valence-electron chi connectivity index (χ0n) is 16.4. The van der Waals surface area contributed by atoms with Gasteiger partial charge < -0.3 is 15.4 Å². The van der Waals surface area contributed by atoms with Gasteiger partial charge in [0.2, 0.25) is 11.8 Å². The normalized spacial score (nSPS) is 16.9. The number of rotatable bonds is 7. The van der Waals surface area contributed by atoms with Crippen LogP contribution in [0.3, 0.4) is 0 Å². The molecule has 1 aromatic heterocycles. The Labute approximate surface area is 173 Å². The molecular weight excluding hydrogens is 392 g/mol. The highest BCUT2D eigenvalue weighted by molar-refractivity contribution is 7.09. The maximum absolute atomic E-state index is 12.3. The molecule has 8 nitrogen and oxygen atoms in total. The maximum Gasteiger partial charge on any atom is 0.307 e. The van der Waals surface area contributed by atoms with Gasteiger partial charge in [-0.3, -0.25) is 19.3 Å². The number of methoxy groups -OCH3 is 1. The van der Waals surface area contributed by atoms with Gasteiger partial charge in [-0.15, -0.1) is 11.3 Å². The third-order valence-electron chi connectivity index (χ3n) is 4.64. The second-order valence-electron chi connectivity index (χ2n) is 6.88. The number of amides is 2. The Morgan fingerprint density at radius 2 is 2.10 bits per heavy atom. The van der Waals surface area contributed by atoms with E-state index in [2.05, 4.69) is 15.6 Å². The molecule has 0 bridgehead atoms. The number of benzene rings is 1. The molecular formula is C20H24N4O4S. The zero-order valence-corrected chi connectivity index (χ0v) is 17.3. The minimum atomic E-state index is -0.578. The molecule has 1 aromatic carbocycles. The first-order valence-corrected chi connectivity index (χ1v) is 10.2. The van der Waals surface area contributed by atoms with Gasteiger partial charge in [0.15, 0.2) is 0 Å². The topological polar surface area (TPSA) is 101 Å². The average molecular weight is 417 g/mol. The smallest absolute Gasteiger partial charge is 0.307 e. The maximum atomic E-state index is 12.3. The lowest BCUT2D eigenvalue weighted by atomic mass is 10.1. The standard InChI is InChI=1S/C20H24N4O4S/c1-13-3-5-14(6-4-13)22-17(25)10-18-23-15(12-29-18)11-24-8-7-21-20(27)16(24)9-19(26)28-2/h3-6,12,16H,7-11H2,1-2H3,(H,21,27)(H,22,25)/t16-/m1/s1. The zero-order chi connectivity index (χ0) is 20.8. The number of aryl methyl sites for hydroxylation is 1. The highest BCUT2D eigenvalue weighted by Gasteiger charge is 2.32. The third-order valence-corrected chi connectivity index (χ3v) is 5.54. The predicted octanol–water partition coefficient (Wildman–Crippen LogP) is 1.50. The summed E-state index contributed by atoms with van der Waals surface area (Å²) in [5.41, 5.74) is 2.66. The lowest BCUT2D eigenvalue weighted by molar-refractivity contribution is -0.146. The Balaban J connectivity index is 1.58. The molecule has 0 radical (unpaired) electrons. The first-order chi connectivity index (χ1) is 13.9. The van der Waals surface area contributed by atoms with Gasteiger partial charge in [-0.25, -0.2) is 4.98 Å². The fourth-order valence-electron chi connectivity index (χ4n) is 3.10. The van der Waals surface area contributed by atoms with Crippen molar-refractivity contribution in [3.63, 3.8) is 0 Å². The molecule has 9 heteroatoms. The van der Waals surface area contributed by atoms with Crippen LogP contribution in [0.4, 0.5) is 5.69 Å². The van der Waals surface area contributed by atoms with E-state index in [4.69, 9.17) is 4.74 Å². The van der Waals surface area contributed by atoms with Crippen molar-refractivity contribution in [2.45, 2.75) is 32.4 Å². The summed E-state index contributed by atoms with van der Waals surface area (Å²) in [7, 11) is 1.31. The first-order valence-electron chi connectivity index (χ1n) is 9.33. The fourth-order valence-corrected chi connectivity index (χ4v) is 3.89. The number of piperazine rings is 1. The van der Waals surface area contributed by atoms with Gasteiger partial charge in [-0.05, 0) is 19.1 Å². The molecule has 0 unspecified atom stereocenters. The summed E-state index contributed by atoms with van der Waals surface area (Å²) in [6.07, 6.45) is 0.183. The van der Waals surface area contributed by atoms with E-state index in [1.165, 1.54) is 18.4 Å². The van der Waals surface area contributed by atoms with Crippen molar-refractivity contribution in [2.24, 2.45) is 0 Å². The highest BCUT2D eigenvalue weighted by atomic mass is 32.1. The van der Waals surface area contributed by atoms with Crippen molar-refractivity contribution in [2.75, 3.05) is 25.5 Å². The number of carbonyl (C=O) groups is 3. The number of aromatic nitrogens is 1. The quantitative estimate of drug-likeness (QED) is 0.664. The molecule has 1 aliphatic heterocycles. The van der Waals surface area contributed by atoms with Gasteiger partial charge >= 0.3 is 5.97 Å². The van der Waals surface area contributed by atoms with E-state index in [0.717, 1.165) is 16.9 Å². The summed E-state index contributed by atoms with van der Waals surface area (Å²) >= 11 is 1.41. The fraction of sp³-hybridized carbons (Fsp3) is 0.400. The largest absolute Gasteiger partial charge is 0.469 e. The molecule has 2 N–H and O–H groups in total. The molecule has 2 amide bonds. The summed E-state index contributed by atoms with van der Waals surface area (Å²) in [6.45, 7) is 3.57. The first kappa shape index (κ1) is 20.9. The van der Waals surface area contributed by atoms with E-state index in [-0.39, 0.29) is 24.7 Å². The van der Waals surface area contributed by atoms with E-state index in [1.54, 1.807) is 0 Å². The Morgan fingerprint density at radius 1 is 1.34 bits per heavy atom. The summed E-state index contributed by atoms with van der Waals surface area (Å²) < 4.78 is 4.70. The van der Waals surface area contributed by atoms with Crippen LogP contribution in [-0.2, 0) is 32.1 Å². The monoisotopic (exact) mass is 416 g/mol. The number of esters is 1. The van der Waals surface area contributed by atoms with Crippen LogP contribution in [-0.4, -0.2) is 53.9 Å². The third kappa shape index (κ3) is 5.85. The van der Waals surface area contributed by atoms with Gasteiger partial charge in [0, 0.05) is 30.7 Å². The van der Waals surface area contributed by atoms with E-state index in [9.17, 15) is 14.4 Å². The van der Waals surface area contributed by atoms with Crippen LogP contribution >= 0.6 is 11.3 Å².